The Morgan fingerprint density at radius 3 is 2.14 bits per heavy atom. The number of hydrogen-bond donors (Lipinski definition) is 1. The Kier molecular flexibility index (Phi) is 4.94. The monoisotopic (exact) mass is 394 g/mol. The van der Waals surface area contributed by atoms with Gasteiger partial charge in [0.2, 0.25) is 0 Å². The summed E-state index contributed by atoms with van der Waals surface area (Å²) in [6.45, 7) is 2.49. The highest BCUT2D eigenvalue weighted by molar-refractivity contribution is 6.07. The van der Waals surface area contributed by atoms with Crippen molar-refractivity contribution >= 4 is 28.3 Å². The number of rotatable bonds is 3. The zero-order chi connectivity index (χ0) is 20.5. The number of hydrogen-bond acceptors (Lipinski definition) is 5. The standard InChI is InChI=1S/C21H22N4O4/c1-23-17-12-15(22-19(26)14-6-4-3-5-7-14)16(25-8-10-29-11-9-25)13-18(17)24(2)21(28)20(23)27/h3-7,12-13H,8-11H2,1-2H3,(H,22,26). The molecular weight excluding hydrogens is 372 g/mol. The third-order valence-electron chi connectivity index (χ3n) is 5.24. The fourth-order valence-corrected chi connectivity index (χ4v) is 3.56. The van der Waals surface area contributed by atoms with E-state index in [9.17, 15) is 14.4 Å². The van der Waals surface area contributed by atoms with Crippen LogP contribution in [0.5, 0.6) is 0 Å². The van der Waals surface area contributed by atoms with Crippen LogP contribution in [0.25, 0.3) is 11.0 Å². The Labute approximate surface area is 166 Å². The molecule has 8 nitrogen and oxygen atoms in total. The van der Waals surface area contributed by atoms with E-state index in [2.05, 4.69) is 10.2 Å². The molecule has 2 heterocycles. The van der Waals surface area contributed by atoms with Gasteiger partial charge in [0.25, 0.3) is 5.91 Å². The van der Waals surface area contributed by atoms with Gasteiger partial charge in [-0.3, -0.25) is 14.4 Å². The molecular formula is C21H22N4O4. The maximum Gasteiger partial charge on any atom is 0.316 e. The summed E-state index contributed by atoms with van der Waals surface area (Å²) in [7, 11) is 3.14. The lowest BCUT2D eigenvalue weighted by Gasteiger charge is -2.31. The highest BCUT2D eigenvalue weighted by atomic mass is 16.5. The molecule has 0 unspecified atom stereocenters. The van der Waals surface area contributed by atoms with E-state index in [1.54, 1.807) is 44.4 Å². The average molecular weight is 394 g/mol. The van der Waals surface area contributed by atoms with Gasteiger partial charge in [0, 0.05) is 32.7 Å². The number of carbonyl (C=O) groups excluding carboxylic acids is 1. The third-order valence-corrected chi connectivity index (χ3v) is 5.24. The van der Waals surface area contributed by atoms with Gasteiger partial charge >= 0.3 is 11.1 Å². The Morgan fingerprint density at radius 1 is 0.931 bits per heavy atom. The van der Waals surface area contributed by atoms with Gasteiger partial charge in [-0.15, -0.1) is 0 Å². The van der Waals surface area contributed by atoms with Gasteiger partial charge in [0.1, 0.15) is 0 Å². The molecule has 0 atom stereocenters. The summed E-state index contributed by atoms with van der Waals surface area (Å²) < 4.78 is 8.12. The SMILES string of the molecule is Cn1c(=O)c(=O)n(C)c2cc(N3CCOCC3)c(NC(=O)c3ccccc3)cc21. The highest BCUT2D eigenvalue weighted by Gasteiger charge is 2.20. The van der Waals surface area contributed by atoms with Crippen molar-refractivity contribution in [2.45, 2.75) is 0 Å². The first-order valence-corrected chi connectivity index (χ1v) is 9.40. The summed E-state index contributed by atoms with van der Waals surface area (Å²) in [4.78, 5) is 39.4. The van der Waals surface area contributed by atoms with Crippen LogP contribution in [0, 0.1) is 0 Å². The largest absolute Gasteiger partial charge is 0.378 e. The normalized spacial score (nSPS) is 14.2. The molecule has 0 aliphatic carbocycles. The molecule has 1 aliphatic rings. The van der Waals surface area contributed by atoms with Crippen molar-refractivity contribution in [3.63, 3.8) is 0 Å². The van der Waals surface area contributed by atoms with Crippen LogP contribution in [-0.4, -0.2) is 41.3 Å². The summed E-state index contributed by atoms with van der Waals surface area (Å²) in [5.41, 5.74) is 1.90. The molecule has 0 bridgehead atoms. The molecule has 1 fully saturated rings. The molecule has 0 saturated carbocycles. The van der Waals surface area contributed by atoms with E-state index in [0.717, 1.165) is 5.69 Å². The molecule has 1 aliphatic heterocycles. The summed E-state index contributed by atoms with van der Waals surface area (Å²) >= 11 is 0. The molecule has 1 amide bonds. The fourth-order valence-electron chi connectivity index (χ4n) is 3.56. The van der Waals surface area contributed by atoms with E-state index >= 15 is 0 Å². The van der Waals surface area contributed by atoms with E-state index in [0.29, 0.717) is 48.6 Å². The van der Waals surface area contributed by atoms with Gasteiger partial charge in [-0.05, 0) is 24.3 Å². The lowest BCUT2D eigenvalue weighted by atomic mass is 10.1. The van der Waals surface area contributed by atoms with E-state index in [1.807, 2.05) is 12.1 Å². The van der Waals surface area contributed by atoms with Crippen LogP contribution in [0.3, 0.4) is 0 Å². The Bertz CT molecular complexity index is 1190. The molecule has 29 heavy (non-hydrogen) atoms. The molecule has 1 N–H and O–H groups in total. The summed E-state index contributed by atoms with van der Waals surface area (Å²) in [6, 6.07) is 12.5. The predicted octanol–water partition coefficient (Wildman–Crippen LogP) is 1.33. The minimum atomic E-state index is -0.612. The number of benzene rings is 2. The second-order valence-electron chi connectivity index (χ2n) is 7.01. The molecule has 3 aromatic rings. The lowest BCUT2D eigenvalue weighted by Crippen LogP contribution is -2.40. The van der Waals surface area contributed by atoms with Crippen molar-refractivity contribution in [2.75, 3.05) is 36.5 Å². The first-order chi connectivity index (χ1) is 14.0. The highest BCUT2D eigenvalue weighted by Crippen LogP contribution is 2.31. The van der Waals surface area contributed by atoms with E-state index in [-0.39, 0.29) is 5.91 Å². The minimum Gasteiger partial charge on any atom is -0.378 e. The molecule has 0 radical (unpaired) electrons. The maximum absolute atomic E-state index is 12.8. The second kappa shape index (κ2) is 7.56. The number of ether oxygens (including phenoxy) is 1. The zero-order valence-corrected chi connectivity index (χ0v) is 16.3. The fraction of sp³-hybridized carbons (Fsp3) is 0.286. The smallest absolute Gasteiger partial charge is 0.316 e. The quantitative estimate of drug-likeness (QED) is 0.678. The molecule has 8 heteroatoms. The Morgan fingerprint density at radius 2 is 1.52 bits per heavy atom. The molecule has 1 saturated heterocycles. The number of morpholine rings is 1. The summed E-state index contributed by atoms with van der Waals surface area (Å²) in [5.74, 6) is -0.241. The summed E-state index contributed by atoms with van der Waals surface area (Å²) in [6.07, 6.45) is 0. The molecule has 4 rings (SSSR count). The summed E-state index contributed by atoms with van der Waals surface area (Å²) in [5, 5.41) is 2.97. The van der Waals surface area contributed by atoms with Crippen LogP contribution in [0.15, 0.2) is 52.1 Å². The van der Waals surface area contributed by atoms with Crippen molar-refractivity contribution in [1.82, 2.24) is 9.13 Å². The van der Waals surface area contributed by atoms with Crippen LogP contribution in [-0.2, 0) is 18.8 Å². The van der Waals surface area contributed by atoms with Crippen LogP contribution >= 0.6 is 0 Å². The van der Waals surface area contributed by atoms with Crippen molar-refractivity contribution in [3.8, 4) is 0 Å². The van der Waals surface area contributed by atoms with Crippen LogP contribution in [0.2, 0.25) is 0 Å². The number of nitrogens with zero attached hydrogens (tertiary/aromatic N) is 3. The van der Waals surface area contributed by atoms with Gasteiger partial charge < -0.3 is 24.1 Å². The van der Waals surface area contributed by atoms with Gasteiger partial charge in [-0.25, -0.2) is 0 Å². The Hall–Kier alpha value is -3.39. The number of aryl methyl sites for hydroxylation is 2. The van der Waals surface area contributed by atoms with Gasteiger partial charge in [-0.1, -0.05) is 18.2 Å². The first kappa shape index (κ1) is 18.9. The van der Waals surface area contributed by atoms with Gasteiger partial charge in [0.05, 0.1) is 35.6 Å². The number of fused-ring (bicyclic) bond motifs is 1. The van der Waals surface area contributed by atoms with Crippen LogP contribution in [0.4, 0.5) is 11.4 Å². The number of anilines is 2. The van der Waals surface area contributed by atoms with Crippen LogP contribution in [0.1, 0.15) is 10.4 Å². The van der Waals surface area contributed by atoms with Gasteiger partial charge in [-0.2, -0.15) is 0 Å². The lowest BCUT2D eigenvalue weighted by molar-refractivity contribution is 0.102. The zero-order valence-electron chi connectivity index (χ0n) is 16.3. The molecule has 150 valence electrons. The number of amides is 1. The number of carbonyl (C=O) groups is 1. The number of aromatic nitrogens is 2. The molecule has 0 spiro atoms. The molecule has 2 aromatic carbocycles. The average Bonchev–Trinajstić information content (AvgIpc) is 2.77. The third kappa shape index (κ3) is 3.42. The van der Waals surface area contributed by atoms with E-state index < -0.39 is 11.1 Å². The maximum atomic E-state index is 12.8. The van der Waals surface area contributed by atoms with E-state index in [1.165, 1.54) is 9.13 Å². The van der Waals surface area contributed by atoms with Crippen molar-refractivity contribution in [2.24, 2.45) is 14.1 Å². The predicted molar refractivity (Wildman–Crippen MR) is 112 cm³/mol. The van der Waals surface area contributed by atoms with Crippen molar-refractivity contribution in [1.29, 1.82) is 0 Å². The Balaban J connectivity index is 1.89. The number of nitrogens with one attached hydrogen (secondary N) is 1. The van der Waals surface area contributed by atoms with Crippen molar-refractivity contribution in [3.05, 3.63) is 68.7 Å². The van der Waals surface area contributed by atoms with Gasteiger partial charge in [0.15, 0.2) is 0 Å². The second-order valence-corrected chi connectivity index (χ2v) is 7.01. The topological polar surface area (TPSA) is 85.6 Å². The van der Waals surface area contributed by atoms with E-state index in [4.69, 9.17) is 4.74 Å². The van der Waals surface area contributed by atoms with Crippen LogP contribution < -0.4 is 21.3 Å². The first-order valence-electron chi connectivity index (χ1n) is 9.40. The minimum absolute atomic E-state index is 0.241. The van der Waals surface area contributed by atoms with Crippen molar-refractivity contribution < 1.29 is 9.53 Å². The molecule has 1 aromatic heterocycles.